The Morgan fingerprint density at radius 1 is 1.35 bits per heavy atom. The minimum Gasteiger partial charge on any atom is -0.373 e. The van der Waals surface area contributed by atoms with E-state index in [9.17, 15) is 0 Å². The van der Waals surface area contributed by atoms with Gasteiger partial charge in [-0.25, -0.2) is 0 Å². The van der Waals surface area contributed by atoms with Gasteiger partial charge in [-0.1, -0.05) is 27.7 Å². The van der Waals surface area contributed by atoms with Gasteiger partial charge in [0.1, 0.15) is 0 Å². The van der Waals surface area contributed by atoms with Crippen molar-refractivity contribution >= 4 is 5.69 Å². The number of nitrogens with zero attached hydrogens (tertiary/aromatic N) is 2. The Kier molecular flexibility index (Phi) is 4.52. The van der Waals surface area contributed by atoms with E-state index >= 15 is 0 Å². The van der Waals surface area contributed by atoms with Crippen molar-refractivity contribution in [3.05, 3.63) is 24.0 Å². The van der Waals surface area contributed by atoms with Crippen molar-refractivity contribution in [2.45, 2.75) is 40.2 Å². The molecule has 3 heteroatoms. The lowest BCUT2D eigenvalue weighted by molar-refractivity contribution is 0.419. The normalized spacial score (nSPS) is 13.5. The van der Waals surface area contributed by atoms with E-state index in [2.05, 4.69) is 50.7 Å². The fourth-order valence-corrected chi connectivity index (χ4v) is 1.85. The Labute approximate surface area is 105 Å². The summed E-state index contributed by atoms with van der Waals surface area (Å²) in [5, 5.41) is 0. The molecule has 0 amide bonds. The summed E-state index contributed by atoms with van der Waals surface area (Å²) in [6.07, 6.45) is 2.83. The second-order valence-electron chi connectivity index (χ2n) is 5.87. The van der Waals surface area contributed by atoms with Crippen LogP contribution < -0.4 is 10.6 Å². The van der Waals surface area contributed by atoms with Crippen LogP contribution in [0.25, 0.3) is 0 Å². The Morgan fingerprint density at radius 2 is 2.00 bits per heavy atom. The average molecular weight is 235 g/mol. The van der Waals surface area contributed by atoms with Crippen LogP contribution in [0.4, 0.5) is 5.69 Å². The lowest BCUT2D eigenvalue weighted by Crippen LogP contribution is -2.29. The van der Waals surface area contributed by atoms with Gasteiger partial charge in [0.2, 0.25) is 0 Å². The zero-order valence-corrected chi connectivity index (χ0v) is 11.7. The fraction of sp³-hybridized carbons (Fsp3) is 0.643. The molecule has 0 fully saturated rings. The van der Waals surface area contributed by atoms with Gasteiger partial charge in [0.05, 0.1) is 17.6 Å². The molecule has 1 unspecified atom stereocenters. The minimum atomic E-state index is 0.0528. The maximum atomic E-state index is 5.95. The van der Waals surface area contributed by atoms with Crippen LogP contribution in [0.3, 0.4) is 0 Å². The van der Waals surface area contributed by atoms with Gasteiger partial charge in [0.25, 0.3) is 0 Å². The Balaban J connectivity index is 2.74. The molecule has 0 aliphatic carbocycles. The first kappa shape index (κ1) is 14.0. The van der Waals surface area contributed by atoms with Crippen molar-refractivity contribution in [3.63, 3.8) is 0 Å². The second kappa shape index (κ2) is 5.50. The molecule has 2 N–H and O–H groups in total. The molecule has 0 aliphatic rings. The molecule has 1 aromatic heterocycles. The molecule has 0 aromatic carbocycles. The van der Waals surface area contributed by atoms with Crippen molar-refractivity contribution in [2.24, 2.45) is 11.1 Å². The van der Waals surface area contributed by atoms with Gasteiger partial charge >= 0.3 is 0 Å². The van der Waals surface area contributed by atoms with Crippen molar-refractivity contribution in [1.29, 1.82) is 0 Å². The first-order chi connectivity index (χ1) is 7.83. The van der Waals surface area contributed by atoms with Crippen molar-refractivity contribution in [2.75, 3.05) is 18.5 Å². The topological polar surface area (TPSA) is 42.1 Å². The van der Waals surface area contributed by atoms with Crippen LogP contribution in [0, 0.1) is 5.41 Å². The van der Waals surface area contributed by atoms with Crippen LogP contribution in [-0.4, -0.2) is 18.6 Å². The monoisotopic (exact) mass is 235 g/mol. The molecule has 0 spiro atoms. The highest BCUT2D eigenvalue weighted by molar-refractivity contribution is 5.44. The highest BCUT2D eigenvalue weighted by Gasteiger charge is 2.14. The first-order valence-corrected chi connectivity index (χ1v) is 6.26. The molecule has 0 saturated heterocycles. The number of aromatic nitrogens is 1. The highest BCUT2D eigenvalue weighted by Crippen LogP contribution is 2.20. The van der Waals surface area contributed by atoms with Gasteiger partial charge in [-0.3, -0.25) is 4.98 Å². The van der Waals surface area contributed by atoms with Gasteiger partial charge in [-0.15, -0.1) is 0 Å². The number of nitrogens with two attached hydrogens (primary N) is 1. The Morgan fingerprint density at radius 3 is 2.41 bits per heavy atom. The van der Waals surface area contributed by atoms with Gasteiger partial charge in [-0.2, -0.15) is 0 Å². The lowest BCUT2D eigenvalue weighted by atomic mass is 9.96. The summed E-state index contributed by atoms with van der Waals surface area (Å²) in [7, 11) is 2.10. The maximum absolute atomic E-state index is 5.95. The molecule has 3 nitrogen and oxygen atoms in total. The maximum Gasteiger partial charge on any atom is 0.0572 e. The molecule has 17 heavy (non-hydrogen) atoms. The second-order valence-corrected chi connectivity index (χ2v) is 5.87. The van der Waals surface area contributed by atoms with Crippen LogP contribution in [0.2, 0.25) is 0 Å². The predicted octanol–water partition coefficient (Wildman–Crippen LogP) is 2.97. The summed E-state index contributed by atoms with van der Waals surface area (Å²) in [6.45, 7) is 9.79. The SMILES string of the molecule is CCC(N)c1ccc(N(C)CC(C)(C)C)cn1. The Bertz CT molecular complexity index is 337. The number of rotatable bonds is 4. The van der Waals surface area contributed by atoms with E-state index in [1.54, 1.807) is 0 Å². The van der Waals surface area contributed by atoms with Crippen molar-refractivity contribution < 1.29 is 0 Å². The van der Waals surface area contributed by atoms with E-state index in [0.717, 1.165) is 24.3 Å². The summed E-state index contributed by atoms with van der Waals surface area (Å²) in [5.74, 6) is 0. The molecule has 1 atom stereocenters. The van der Waals surface area contributed by atoms with E-state index < -0.39 is 0 Å². The summed E-state index contributed by atoms with van der Waals surface area (Å²) >= 11 is 0. The van der Waals surface area contributed by atoms with E-state index in [1.807, 2.05) is 12.3 Å². The molecular weight excluding hydrogens is 210 g/mol. The summed E-state index contributed by atoms with van der Waals surface area (Å²) < 4.78 is 0. The third-order valence-corrected chi connectivity index (χ3v) is 2.74. The molecule has 0 aliphatic heterocycles. The van der Waals surface area contributed by atoms with Gasteiger partial charge < -0.3 is 10.6 Å². The smallest absolute Gasteiger partial charge is 0.0572 e. The molecule has 1 heterocycles. The van der Waals surface area contributed by atoms with Gasteiger partial charge in [0, 0.05) is 19.6 Å². The van der Waals surface area contributed by atoms with E-state index in [-0.39, 0.29) is 11.5 Å². The molecule has 0 radical (unpaired) electrons. The number of hydrogen-bond acceptors (Lipinski definition) is 3. The zero-order chi connectivity index (χ0) is 13.1. The van der Waals surface area contributed by atoms with Gasteiger partial charge in [-0.05, 0) is 24.0 Å². The number of hydrogen-bond donors (Lipinski definition) is 1. The average Bonchev–Trinajstić information content (AvgIpc) is 2.26. The largest absolute Gasteiger partial charge is 0.373 e. The number of anilines is 1. The molecule has 1 aromatic rings. The summed E-state index contributed by atoms with van der Waals surface area (Å²) in [6, 6.07) is 4.18. The van der Waals surface area contributed by atoms with Crippen molar-refractivity contribution in [3.8, 4) is 0 Å². The van der Waals surface area contributed by atoms with Crippen LogP contribution in [-0.2, 0) is 0 Å². The molecule has 96 valence electrons. The molecular formula is C14H25N3. The van der Waals surface area contributed by atoms with Crippen LogP contribution >= 0.6 is 0 Å². The summed E-state index contributed by atoms with van der Waals surface area (Å²) in [5.41, 5.74) is 8.35. The quantitative estimate of drug-likeness (QED) is 0.872. The molecule has 0 saturated carbocycles. The highest BCUT2D eigenvalue weighted by atomic mass is 15.1. The van der Waals surface area contributed by atoms with Crippen molar-refractivity contribution in [1.82, 2.24) is 4.98 Å². The minimum absolute atomic E-state index is 0.0528. The van der Waals surface area contributed by atoms with Gasteiger partial charge in [0.15, 0.2) is 0 Å². The fourth-order valence-electron chi connectivity index (χ4n) is 1.85. The predicted molar refractivity (Wildman–Crippen MR) is 74.2 cm³/mol. The summed E-state index contributed by atoms with van der Waals surface area (Å²) in [4.78, 5) is 6.66. The van der Waals surface area contributed by atoms with E-state index in [4.69, 9.17) is 5.73 Å². The Hall–Kier alpha value is -1.09. The zero-order valence-electron chi connectivity index (χ0n) is 11.7. The standard InChI is InChI=1S/C14H25N3/c1-6-12(15)13-8-7-11(9-16-13)17(5)10-14(2,3)4/h7-9,12H,6,10,15H2,1-5H3. The van der Waals surface area contributed by atoms with Crippen LogP contribution in [0.1, 0.15) is 45.9 Å². The first-order valence-electron chi connectivity index (χ1n) is 6.26. The van der Waals surface area contributed by atoms with E-state index in [0.29, 0.717) is 0 Å². The number of pyridine rings is 1. The third kappa shape index (κ3) is 4.35. The van der Waals surface area contributed by atoms with Crippen LogP contribution in [0.5, 0.6) is 0 Å². The molecule has 1 rings (SSSR count). The van der Waals surface area contributed by atoms with Crippen LogP contribution in [0.15, 0.2) is 18.3 Å². The molecule has 0 bridgehead atoms. The third-order valence-electron chi connectivity index (χ3n) is 2.74. The lowest BCUT2D eigenvalue weighted by Gasteiger charge is -2.28. The van der Waals surface area contributed by atoms with E-state index in [1.165, 1.54) is 0 Å².